The van der Waals surface area contributed by atoms with Gasteiger partial charge in [0.25, 0.3) is 10.2 Å². The molecule has 0 atom stereocenters. The predicted octanol–water partition coefficient (Wildman–Crippen LogP) is 12.0. The molecule has 3 aliphatic rings. The van der Waals surface area contributed by atoms with Crippen molar-refractivity contribution < 1.29 is 32.0 Å². The zero-order valence-corrected chi connectivity index (χ0v) is 55.5. The number of aryl methyl sites for hydroxylation is 7. The number of carbonyl (C=O) groups is 4. The second-order valence-electron chi connectivity index (χ2n) is 22.4. The Labute approximate surface area is 538 Å². The molecule has 0 saturated heterocycles. The van der Waals surface area contributed by atoms with Gasteiger partial charge in [0.15, 0.2) is 0 Å². The number of para-hydroxylation sites is 3. The Balaban J connectivity index is 0.000000176. The molecule has 0 spiro atoms. The van der Waals surface area contributed by atoms with E-state index in [2.05, 4.69) is 90.9 Å². The van der Waals surface area contributed by atoms with Crippen molar-refractivity contribution in [2.75, 3.05) is 109 Å². The lowest BCUT2D eigenvalue weighted by molar-refractivity contribution is -0.119. The largest absolute Gasteiger partial charge is 0.408 e. The van der Waals surface area contributed by atoms with Crippen LogP contribution in [-0.2, 0) is 63.1 Å². The first-order valence-electron chi connectivity index (χ1n) is 32.2. The van der Waals surface area contributed by atoms with Crippen LogP contribution in [0.25, 0.3) is 0 Å². The Morgan fingerprint density at radius 1 is 0.451 bits per heavy atom. The van der Waals surface area contributed by atoms with E-state index in [0.717, 1.165) is 140 Å². The first kappa shape index (κ1) is 68.4. The fraction of sp³-hybridized carbons (Fsp3) is 0.400. The highest BCUT2D eigenvalue weighted by Crippen LogP contribution is 2.41. The second-order valence-corrected chi connectivity index (χ2v) is 23.9. The zero-order chi connectivity index (χ0) is 65.2. The summed E-state index contributed by atoms with van der Waals surface area (Å²) >= 11 is 0. The average molecular weight is 1260 g/mol. The summed E-state index contributed by atoms with van der Waals surface area (Å²) in [7, 11) is -3.66. The van der Waals surface area contributed by atoms with Gasteiger partial charge in [-0.2, -0.15) is 13.1 Å². The van der Waals surface area contributed by atoms with Crippen molar-refractivity contribution >= 4 is 91.2 Å². The first-order valence-corrected chi connectivity index (χ1v) is 33.7. The summed E-state index contributed by atoms with van der Waals surface area (Å²) in [5.41, 5.74) is 13.9. The van der Waals surface area contributed by atoms with Gasteiger partial charge in [-0.15, -0.1) is 5.10 Å². The van der Waals surface area contributed by atoms with Gasteiger partial charge in [0.2, 0.25) is 23.6 Å². The number of hydrogen-bond donors (Lipinski definition) is 4. The number of rotatable bonds is 21. The molecule has 0 fully saturated rings. The summed E-state index contributed by atoms with van der Waals surface area (Å²) in [5.74, 6) is 0.588. The Kier molecular flexibility index (Phi) is 24.4. The molecule has 0 saturated carbocycles. The second kappa shape index (κ2) is 32.5. The Bertz CT molecular complexity index is 3730. The molecule has 4 heterocycles. The predicted molar refractivity (Wildman–Crippen MR) is 366 cm³/mol. The van der Waals surface area contributed by atoms with Gasteiger partial charge in [-0.25, -0.2) is 4.79 Å². The standard InChI is InChI=1S/C25H34N4O2.C23H27N5O2.C22H30N4O3S/c1-5-27(6-2)18-24(30)29-22-12-10-9-11-19(22)13-14-20-15-16-21(17-23(20)29)26-25(31)28(7-3)8-4;1-4-27(5-2)15-22(29)28-20-9-7-6-8-17(20)10-11-18-12-13-19(14-21(18)28)24-23-26-25-16(3)30-23;1-4-23-30(28,29)24-19-14-13-18-12-11-17-9-7-8-10-20(17)26(21(18)15-19)22(27)16-25(5-2)6-3/h9-12,15-17H,5-8,13-14,18H2,1-4H3,(H,26,31);6-9,12-14H,4-5,10-11,15H2,1-3H3,(H,24,26);7-10,13-15,23-24H,4-6,11-12,16H2,1-3H3. The summed E-state index contributed by atoms with van der Waals surface area (Å²) in [5, 5.41) is 14.0. The normalized spacial score (nSPS) is 13.1. The van der Waals surface area contributed by atoms with Gasteiger partial charge in [0.1, 0.15) is 0 Å². The monoisotopic (exact) mass is 1260 g/mol. The van der Waals surface area contributed by atoms with Crippen molar-refractivity contribution in [1.29, 1.82) is 0 Å². The van der Waals surface area contributed by atoms with Gasteiger partial charge in [-0.05, 0) is 180 Å². The molecule has 484 valence electrons. The van der Waals surface area contributed by atoms with E-state index in [0.29, 0.717) is 62.5 Å². The van der Waals surface area contributed by atoms with Crippen LogP contribution in [0.15, 0.2) is 132 Å². The molecule has 0 bridgehead atoms. The maximum Gasteiger partial charge on any atom is 0.321 e. The molecule has 3 aliphatic heterocycles. The van der Waals surface area contributed by atoms with E-state index in [1.807, 2.05) is 135 Å². The lowest BCUT2D eigenvalue weighted by Crippen LogP contribution is -2.38. The van der Waals surface area contributed by atoms with Gasteiger partial charge in [-0.3, -0.25) is 48.5 Å². The maximum absolute atomic E-state index is 13.5. The average Bonchev–Trinajstić information content (AvgIpc) is 1.77. The minimum absolute atomic E-state index is 0.0269. The highest BCUT2D eigenvalue weighted by Gasteiger charge is 2.31. The fourth-order valence-electron chi connectivity index (χ4n) is 11.7. The lowest BCUT2D eigenvalue weighted by atomic mass is 10.0. The molecule has 7 aromatic rings. The van der Waals surface area contributed by atoms with Crippen LogP contribution in [0, 0.1) is 6.92 Å². The van der Waals surface area contributed by atoms with Crippen LogP contribution >= 0.6 is 0 Å². The number of benzene rings is 6. The molecule has 1 aromatic heterocycles. The fourth-order valence-corrected chi connectivity index (χ4v) is 12.6. The molecule has 6 aromatic carbocycles. The van der Waals surface area contributed by atoms with E-state index in [4.69, 9.17) is 4.42 Å². The number of hydrogen-bond acceptors (Lipinski definition) is 13. The third kappa shape index (κ3) is 17.3. The van der Waals surface area contributed by atoms with Crippen LogP contribution in [0.5, 0.6) is 0 Å². The molecule has 4 N–H and O–H groups in total. The first-order chi connectivity index (χ1) is 44.0. The quantitative estimate of drug-likeness (QED) is 0.0528. The molecule has 0 radical (unpaired) electrons. The minimum atomic E-state index is -3.66. The number of amides is 5. The molecule has 10 rings (SSSR count). The summed E-state index contributed by atoms with van der Waals surface area (Å²) < 4.78 is 34.8. The number of carbonyl (C=O) groups excluding carboxylic acids is 4. The summed E-state index contributed by atoms with van der Waals surface area (Å²) in [6.07, 6.45) is 5.10. The van der Waals surface area contributed by atoms with Crippen molar-refractivity contribution in [2.24, 2.45) is 0 Å². The Morgan fingerprint density at radius 3 is 1.16 bits per heavy atom. The van der Waals surface area contributed by atoms with E-state index in [1.165, 1.54) is 11.1 Å². The van der Waals surface area contributed by atoms with Gasteiger partial charge >= 0.3 is 12.0 Å². The number of aromatic nitrogens is 2. The number of anilines is 10. The number of likely N-dealkylation sites (N-methyl/N-ethyl adjacent to an activating group) is 3. The maximum atomic E-state index is 13.5. The van der Waals surface area contributed by atoms with E-state index in [-0.39, 0.29) is 23.8 Å². The van der Waals surface area contributed by atoms with Crippen LogP contribution in [0.1, 0.15) is 102 Å². The van der Waals surface area contributed by atoms with Crippen LogP contribution in [0.2, 0.25) is 0 Å². The molecule has 0 aliphatic carbocycles. The van der Waals surface area contributed by atoms with Gasteiger partial charge in [-0.1, -0.05) is 126 Å². The van der Waals surface area contributed by atoms with Crippen LogP contribution in [0.4, 0.5) is 62.0 Å². The van der Waals surface area contributed by atoms with E-state index >= 15 is 0 Å². The Hall–Kier alpha value is -8.47. The topological polar surface area (TPSA) is 212 Å². The Morgan fingerprint density at radius 2 is 0.802 bits per heavy atom. The van der Waals surface area contributed by atoms with Crippen LogP contribution in [0.3, 0.4) is 0 Å². The summed E-state index contributed by atoms with van der Waals surface area (Å²) in [6.45, 7) is 27.3. The summed E-state index contributed by atoms with van der Waals surface area (Å²) in [6, 6.07) is 41.8. The van der Waals surface area contributed by atoms with Gasteiger partial charge in [0, 0.05) is 37.9 Å². The van der Waals surface area contributed by atoms with E-state index < -0.39 is 10.2 Å². The van der Waals surface area contributed by atoms with E-state index in [9.17, 15) is 27.6 Å². The molecule has 20 nitrogen and oxygen atoms in total. The van der Waals surface area contributed by atoms with Crippen molar-refractivity contribution in [3.8, 4) is 0 Å². The van der Waals surface area contributed by atoms with Crippen molar-refractivity contribution in [2.45, 2.75) is 108 Å². The molecule has 5 amide bonds. The van der Waals surface area contributed by atoms with Gasteiger partial charge in [0.05, 0.1) is 59.4 Å². The molecular formula is C70H91N13O7S. The van der Waals surface area contributed by atoms with E-state index in [1.54, 1.807) is 35.8 Å². The number of fused-ring (bicyclic) bond motifs is 6. The third-order valence-electron chi connectivity index (χ3n) is 16.8. The molecule has 91 heavy (non-hydrogen) atoms. The van der Waals surface area contributed by atoms with Gasteiger partial charge < -0.3 is 20.0 Å². The van der Waals surface area contributed by atoms with Crippen molar-refractivity contribution in [1.82, 2.24) is 34.5 Å². The summed E-state index contributed by atoms with van der Waals surface area (Å²) in [4.78, 5) is 66.6. The minimum Gasteiger partial charge on any atom is -0.408 e. The highest BCUT2D eigenvalue weighted by molar-refractivity contribution is 7.90. The number of urea groups is 1. The molecule has 0 unspecified atom stereocenters. The molecule has 21 heteroatoms. The third-order valence-corrected chi connectivity index (χ3v) is 18.0. The molecular weight excluding hydrogens is 1170 g/mol. The zero-order valence-electron chi connectivity index (χ0n) is 54.6. The van der Waals surface area contributed by atoms with Crippen LogP contribution < -0.4 is 34.8 Å². The van der Waals surface area contributed by atoms with Crippen molar-refractivity contribution in [3.63, 3.8) is 0 Å². The van der Waals surface area contributed by atoms with Crippen LogP contribution in [-0.4, -0.2) is 141 Å². The number of nitrogens with zero attached hydrogens (tertiary/aromatic N) is 9. The smallest absolute Gasteiger partial charge is 0.321 e. The highest BCUT2D eigenvalue weighted by atomic mass is 32.2. The lowest BCUT2D eigenvalue weighted by Gasteiger charge is -2.28. The van der Waals surface area contributed by atoms with Crippen molar-refractivity contribution in [3.05, 3.63) is 167 Å². The SMILES string of the molecule is CCN(CC)CC(=O)N1c2ccccc2CCc2ccc(NC(=O)N(CC)CC)cc21.CCN(CC)CC(=O)N1c2ccccc2CCc2ccc(Nc3nnc(C)o3)cc21.CCNS(=O)(=O)Nc1ccc2c(c1)N(C(=O)CN(CC)CC)c1ccccc1CC2. The number of nitrogens with one attached hydrogen (secondary N) is 4.